The first-order chi connectivity index (χ1) is 4.36. The normalized spacial score (nSPS) is 19.2. The predicted octanol–water partition coefficient (Wildman–Crippen LogP) is 1.72. The van der Waals surface area contributed by atoms with Gasteiger partial charge in [-0.15, -0.1) is 0 Å². The van der Waals surface area contributed by atoms with Gasteiger partial charge in [-0.3, -0.25) is 0 Å². The van der Waals surface area contributed by atoms with E-state index >= 15 is 0 Å². The van der Waals surface area contributed by atoms with E-state index in [0.717, 1.165) is 6.92 Å². The Morgan fingerprint density at radius 1 is 1.80 bits per heavy atom. The Balaban J connectivity index is 3.99. The SMILES string of the molecule is C[C@H](F)[C@@](C)(F)OC(=O)O. The van der Waals surface area contributed by atoms with Gasteiger partial charge in [0.05, 0.1) is 0 Å². The molecule has 0 rings (SSSR count). The molecule has 0 aromatic heterocycles. The van der Waals surface area contributed by atoms with Crippen LogP contribution in [0.5, 0.6) is 0 Å². The average Bonchev–Trinajstić information content (AvgIpc) is 1.60. The number of rotatable bonds is 2. The molecule has 0 radical (unpaired) electrons. The lowest BCUT2D eigenvalue weighted by Crippen LogP contribution is -2.34. The zero-order valence-corrected chi connectivity index (χ0v) is 5.60. The standard InChI is InChI=1S/C5H8F2O3/c1-3(6)5(2,7)10-4(8)9/h3H,1-2H3,(H,8,9)/t3-,5-/m0/s1. The second kappa shape index (κ2) is 2.81. The quantitative estimate of drug-likeness (QED) is 0.616. The summed E-state index contributed by atoms with van der Waals surface area (Å²) < 4.78 is 28.1. The summed E-state index contributed by atoms with van der Waals surface area (Å²) in [5, 5.41) is 7.87. The maximum Gasteiger partial charge on any atom is 0.508 e. The maximum atomic E-state index is 12.5. The Bertz CT molecular complexity index is 133. The molecule has 0 amide bonds. The molecular formula is C5H8F2O3. The van der Waals surface area contributed by atoms with E-state index in [1.54, 1.807) is 0 Å². The fraction of sp³-hybridized carbons (Fsp3) is 0.800. The smallest absolute Gasteiger partial charge is 0.450 e. The van der Waals surface area contributed by atoms with Crippen LogP contribution in [0.15, 0.2) is 0 Å². The molecule has 2 atom stereocenters. The molecule has 0 aromatic carbocycles. The third kappa shape index (κ3) is 2.61. The van der Waals surface area contributed by atoms with Gasteiger partial charge in [0, 0.05) is 6.92 Å². The first-order valence-electron chi connectivity index (χ1n) is 2.61. The summed E-state index contributed by atoms with van der Waals surface area (Å²) >= 11 is 0. The lowest BCUT2D eigenvalue weighted by molar-refractivity contribution is -0.138. The molecule has 1 N–H and O–H groups in total. The van der Waals surface area contributed by atoms with E-state index in [9.17, 15) is 13.6 Å². The molecule has 0 heterocycles. The first kappa shape index (κ1) is 9.13. The Labute approximate surface area is 56.6 Å². The van der Waals surface area contributed by atoms with Crippen LogP contribution in [0, 0.1) is 0 Å². The monoisotopic (exact) mass is 154 g/mol. The molecule has 0 aliphatic heterocycles. The van der Waals surface area contributed by atoms with Crippen molar-refractivity contribution in [2.45, 2.75) is 25.9 Å². The van der Waals surface area contributed by atoms with E-state index in [2.05, 4.69) is 4.74 Å². The van der Waals surface area contributed by atoms with Crippen molar-refractivity contribution in [1.82, 2.24) is 0 Å². The summed E-state index contributed by atoms with van der Waals surface area (Å²) in [6.07, 6.45) is -3.79. The van der Waals surface area contributed by atoms with Gasteiger partial charge >= 0.3 is 6.16 Å². The summed E-state index contributed by atoms with van der Waals surface area (Å²) in [5.74, 6) is -2.74. The topological polar surface area (TPSA) is 46.5 Å². The van der Waals surface area contributed by atoms with E-state index in [4.69, 9.17) is 5.11 Å². The molecule has 5 heteroatoms. The number of hydrogen-bond acceptors (Lipinski definition) is 2. The van der Waals surface area contributed by atoms with Crippen LogP contribution < -0.4 is 0 Å². The van der Waals surface area contributed by atoms with Crippen molar-refractivity contribution in [2.24, 2.45) is 0 Å². The van der Waals surface area contributed by atoms with Crippen molar-refractivity contribution in [2.75, 3.05) is 0 Å². The van der Waals surface area contributed by atoms with E-state index in [-0.39, 0.29) is 0 Å². The summed E-state index contributed by atoms with van der Waals surface area (Å²) in [6.45, 7) is 1.59. The maximum absolute atomic E-state index is 12.5. The van der Waals surface area contributed by atoms with E-state index in [0.29, 0.717) is 6.92 Å². The number of ether oxygens (including phenoxy) is 1. The van der Waals surface area contributed by atoms with Crippen molar-refractivity contribution in [1.29, 1.82) is 0 Å². The summed E-state index contributed by atoms with van der Waals surface area (Å²) in [7, 11) is 0. The van der Waals surface area contributed by atoms with Crippen molar-refractivity contribution < 1.29 is 23.4 Å². The van der Waals surface area contributed by atoms with Crippen LogP contribution in [0.4, 0.5) is 13.6 Å². The number of alkyl halides is 2. The van der Waals surface area contributed by atoms with Crippen LogP contribution in [-0.4, -0.2) is 23.3 Å². The molecule has 60 valence electrons. The Hall–Kier alpha value is -0.870. The number of hydrogen-bond donors (Lipinski definition) is 1. The van der Waals surface area contributed by atoms with Crippen molar-refractivity contribution in [3.8, 4) is 0 Å². The van der Waals surface area contributed by atoms with Crippen LogP contribution in [0.25, 0.3) is 0 Å². The van der Waals surface area contributed by atoms with Gasteiger partial charge in [-0.25, -0.2) is 9.18 Å². The molecule has 0 aliphatic carbocycles. The summed E-state index contributed by atoms with van der Waals surface area (Å²) in [5.41, 5.74) is 0. The second-order valence-corrected chi connectivity index (χ2v) is 1.97. The Morgan fingerprint density at radius 3 is 2.30 bits per heavy atom. The lowest BCUT2D eigenvalue weighted by atomic mass is 10.2. The van der Waals surface area contributed by atoms with Crippen molar-refractivity contribution in [3.63, 3.8) is 0 Å². The Morgan fingerprint density at radius 2 is 2.20 bits per heavy atom. The molecule has 0 saturated heterocycles. The molecule has 0 fully saturated rings. The largest absolute Gasteiger partial charge is 0.508 e. The van der Waals surface area contributed by atoms with E-state index < -0.39 is 18.2 Å². The van der Waals surface area contributed by atoms with Crippen LogP contribution in [-0.2, 0) is 4.74 Å². The molecule has 0 bridgehead atoms. The molecule has 0 spiro atoms. The molecule has 0 saturated carbocycles. The minimum Gasteiger partial charge on any atom is -0.450 e. The highest BCUT2D eigenvalue weighted by molar-refractivity contribution is 5.57. The predicted molar refractivity (Wildman–Crippen MR) is 29.2 cm³/mol. The lowest BCUT2D eigenvalue weighted by Gasteiger charge is -2.19. The zero-order chi connectivity index (χ0) is 8.36. The number of carboxylic acid groups (broad SMARTS) is 1. The fourth-order valence-electron chi connectivity index (χ4n) is 0.252. The molecule has 10 heavy (non-hydrogen) atoms. The highest BCUT2D eigenvalue weighted by Gasteiger charge is 2.35. The van der Waals surface area contributed by atoms with Gasteiger partial charge in [0.2, 0.25) is 0 Å². The molecule has 0 unspecified atom stereocenters. The summed E-state index contributed by atoms with van der Waals surface area (Å²) in [4.78, 5) is 9.69. The second-order valence-electron chi connectivity index (χ2n) is 1.97. The van der Waals surface area contributed by atoms with Crippen LogP contribution in [0.2, 0.25) is 0 Å². The molecule has 0 aromatic rings. The third-order valence-electron chi connectivity index (χ3n) is 0.997. The van der Waals surface area contributed by atoms with E-state index in [1.165, 1.54) is 0 Å². The highest BCUT2D eigenvalue weighted by Crippen LogP contribution is 2.19. The van der Waals surface area contributed by atoms with Crippen LogP contribution in [0.1, 0.15) is 13.8 Å². The van der Waals surface area contributed by atoms with Gasteiger partial charge < -0.3 is 9.84 Å². The fourth-order valence-corrected chi connectivity index (χ4v) is 0.252. The van der Waals surface area contributed by atoms with Gasteiger partial charge in [-0.2, -0.15) is 4.39 Å². The van der Waals surface area contributed by atoms with Gasteiger partial charge in [-0.05, 0) is 6.92 Å². The minimum atomic E-state index is -2.74. The molecular weight excluding hydrogens is 146 g/mol. The van der Waals surface area contributed by atoms with Gasteiger partial charge in [0.15, 0.2) is 6.17 Å². The van der Waals surface area contributed by atoms with Crippen LogP contribution in [0.3, 0.4) is 0 Å². The van der Waals surface area contributed by atoms with Gasteiger partial charge in [-0.1, -0.05) is 0 Å². The Kier molecular flexibility index (Phi) is 2.56. The third-order valence-corrected chi connectivity index (χ3v) is 0.997. The van der Waals surface area contributed by atoms with Gasteiger partial charge in [0.25, 0.3) is 5.85 Å². The minimum absolute atomic E-state index is 0.714. The van der Waals surface area contributed by atoms with E-state index in [1.807, 2.05) is 0 Å². The first-order valence-corrected chi connectivity index (χ1v) is 2.61. The molecule has 3 nitrogen and oxygen atoms in total. The van der Waals surface area contributed by atoms with Crippen molar-refractivity contribution in [3.05, 3.63) is 0 Å². The number of halogens is 2. The van der Waals surface area contributed by atoms with Crippen molar-refractivity contribution >= 4 is 6.16 Å². The highest BCUT2D eigenvalue weighted by atomic mass is 19.2. The zero-order valence-electron chi connectivity index (χ0n) is 5.60. The molecule has 0 aliphatic rings. The van der Waals surface area contributed by atoms with Crippen LogP contribution >= 0.6 is 0 Å². The number of carbonyl (C=O) groups is 1. The van der Waals surface area contributed by atoms with Gasteiger partial charge in [0.1, 0.15) is 0 Å². The average molecular weight is 154 g/mol. The summed E-state index contributed by atoms with van der Waals surface area (Å²) in [6, 6.07) is 0.